The number of hydrazine groups is 1. The van der Waals surface area contributed by atoms with E-state index in [-0.39, 0.29) is 6.10 Å². The molecule has 17 heavy (non-hydrogen) atoms. The molecule has 0 saturated heterocycles. The Morgan fingerprint density at radius 1 is 1.35 bits per heavy atom. The third kappa shape index (κ3) is 4.54. The predicted molar refractivity (Wildman–Crippen MR) is 68.8 cm³/mol. The van der Waals surface area contributed by atoms with Gasteiger partial charge >= 0.3 is 0 Å². The lowest BCUT2D eigenvalue weighted by molar-refractivity contribution is 0.0855. The maximum atomic E-state index is 5.43. The number of ether oxygens (including phenoxy) is 1. The van der Waals surface area contributed by atoms with Crippen molar-refractivity contribution in [2.24, 2.45) is 5.84 Å². The summed E-state index contributed by atoms with van der Waals surface area (Å²) < 4.78 is 5.43. The molecule has 1 aromatic heterocycles. The maximum Gasteiger partial charge on any atom is 0.145 e. The van der Waals surface area contributed by atoms with Crippen LogP contribution in [0, 0.1) is 0 Å². The fourth-order valence-corrected chi connectivity index (χ4v) is 1.41. The fraction of sp³-hybridized carbons (Fsp3) is 0.636. The minimum absolute atomic E-state index is 0.148. The molecule has 6 heteroatoms. The fourth-order valence-electron chi connectivity index (χ4n) is 1.41. The number of anilines is 2. The molecule has 6 nitrogen and oxygen atoms in total. The molecule has 0 fully saturated rings. The molecule has 4 N–H and O–H groups in total. The molecule has 96 valence electrons. The van der Waals surface area contributed by atoms with E-state index in [9.17, 15) is 0 Å². The summed E-state index contributed by atoms with van der Waals surface area (Å²) in [4.78, 5) is 8.57. The zero-order valence-electron chi connectivity index (χ0n) is 10.7. The SMILES string of the molecule is CCOC(C)CNc1cc(NN)nc(CC)n1. The first-order chi connectivity index (χ1) is 8.19. The molecular weight excluding hydrogens is 218 g/mol. The number of aryl methyl sites for hydroxylation is 1. The second-order valence-electron chi connectivity index (χ2n) is 3.70. The summed E-state index contributed by atoms with van der Waals surface area (Å²) in [6, 6.07) is 1.78. The van der Waals surface area contributed by atoms with E-state index in [0.29, 0.717) is 19.0 Å². The Hall–Kier alpha value is -1.40. The van der Waals surface area contributed by atoms with Crippen LogP contribution in [0.5, 0.6) is 0 Å². The van der Waals surface area contributed by atoms with Crippen molar-refractivity contribution in [2.45, 2.75) is 33.3 Å². The molecule has 0 saturated carbocycles. The van der Waals surface area contributed by atoms with Crippen molar-refractivity contribution >= 4 is 11.6 Å². The highest BCUT2D eigenvalue weighted by atomic mass is 16.5. The lowest BCUT2D eigenvalue weighted by Gasteiger charge is -2.14. The first-order valence-electron chi connectivity index (χ1n) is 5.89. The Morgan fingerprint density at radius 3 is 2.65 bits per heavy atom. The van der Waals surface area contributed by atoms with Crippen LogP contribution in [0.4, 0.5) is 11.6 Å². The van der Waals surface area contributed by atoms with Crippen LogP contribution in [0.1, 0.15) is 26.6 Å². The Labute approximate surface area is 102 Å². The number of hydrogen-bond acceptors (Lipinski definition) is 6. The summed E-state index contributed by atoms with van der Waals surface area (Å²) >= 11 is 0. The van der Waals surface area contributed by atoms with E-state index in [1.54, 1.807) is 6.07 Å². The summed E-state index contributed by atoms with van der Waals surface area (Å²) in [7, 11) is 0. The van der Waals surface area contributed by atoms with E-state index < -0.39 is 0 Å². The van der Waals surface area contributed by atoms with Crippen LogP contribution in [0.25, 0.3) is 0 Å². The number of aromatic nitrogens is 2. The molecule has 0 aliphatic carbocycles. The van der Waals surface area contributed by atoms with E-state index in [1.807, 2.05) is 20.8 Å². The Morgan fingerprint density at radius 2 is 2.06 bits per heavy atom. The minimum Gasteiger partial charge on any atom is -0.377 e. The van der Waals surface area contributed by atoms with Crippen LogP contribution in [0.15, 0.2) is 6.07 Å². The number of nitrogens with zero attached hydrogens (tertiary/aromatic N) is 2. The molecule has 1 heterocycles. The van der Waals surface area contributed by atoms with E-state index in [4.69, 9.17) is 10.6 Å². The van der Waals surface area contributed by atoms with E-state index in [0.717, 1.165) is 18.1 Å². The summed E-state index contributed by atoms with van der Waals surface area (Å²) in [5.41, 5.74) is 2.53. The van der Waals surface area contributed by atoms with Crippen molar-refractivity contribution < 1.29 is 4.74 Å². The zero-order chi connectivity index (χ0) is 12.7. The normalized spacial score (nSPS) is 12.2. The quantitative estimate of drug-likeness (QED) is 0.489. The van der Waals surface area contributed by atoms with Gasteiger partial charge in [0.1, 0.15) is 17.5 Å². The van der Waals surface area contributed by atoms with Crippen LogP contribution < -0.4 is 16.6 Å². The lowest BCUT2D eigenvalue weighted by atomic mass is 10.3. The molecule has 0 radical (unpaired) electrons. The number of hydrogen-bond donors (Lipinski definition) is 3. The van der Waals surface area contributed by atoms with Gasteiger partial charge in [0, 0.05) is 25.6 Å². The third-order valence-corrected chi connectivity index (χ3v) is 2.26. The smallest absolute Gasteiger partial charge is 0.145 e. The Kier molecular flexibility index (Phi) is 5.65. The highest BCUT2D eigenvalue weighted by Gasteiger charge is 2.04. The van der Waals surface area contributed by atoms with E-state index in [1.165, 1.54) is 0 Å². The van der Waals surface area contributed by atoms with Crippen molar-refractivity contribution in [3.05, 3.63) is 11.9 Å². The van der Waals surface area contributed by atoms with Gasteiger partial charge in [-0.2, -0.15) is 0 Å². The average Bonchev–Trinajstić information content (AvgIpc) is 2.36. The highest BCUT2D eigenvalue weighted by Crippen LogP contribution is 2.10. The first-order valence-corrected chi connectivity index (χ1v) is 5.89. The van der Waals surface area contributed by atoms with E-state index in [2.05, 4.69) is 20.7 Å². The maximum absolute atomic E-state index is 5.43. The second-order valence-corrected chi connectivity index (χ2v) is 3.70. The van der Waals surface area contributed by atoms with Crippen molar-refractivity contribution in [1.29, 1.82) is 0 Å². The van der Waals surface area contributed by atoms with Crippen molar-refractivity contribution in [3.8, 4) is 0 Å². The lowest BCUT2D eigenvalue weighted by Crippen LogP contribution is -2.21. The largest absolute Gasteiger partial charge is 0.377 e. The molecular formula is C11H21N5O. The topological polar surface area (TPSA) is 85.1 Å². The van der Waals surface area contributed by atoms with Gasteiger partial charge in [-0.25, -0.2) is 15.8 Å². The molecule has 0 bridgehead atoms. The predicted octanol–water partition coefficient (Wildman–Crippen LogP) is 1.16. The molecule has 1 rings (SSSR count). The first kappa shape index (κ1) is 13.7. The monoisotopic (exact) mass is 239 g/mol. The standard InChI is InChI=1S/C11H21N5O/c1-4-9-14-10(6-11(15-9)16-12)13-7-8(3)17-5-2/h6,8H,4-5,7,12H2,1-3H3,(H2,13,14,15,16). The van der Waals surface area contributed by atoms with Gasteiger partial charge in [0.05, 0.1) is 6.10 Å². The van der Waals surface area contributed by atoms with Gasteiger partial charge in [-0.1, -0.05) is 6.92 Å². The molecule has 0 aliphatic rings. The van der Waals surface area contributed by atoms with Crippen molar-refractivity contribution in [3.63, 3.8) is 0 Å². The molecule has 1 atom stereocenters. The second kappa shape index (κ2) is 7.03. The van der Waals surface area contributed by atoms with Crippen LogP contribution in [-0.4, -0.2) is 29.2 Å². The van der Waals surface area contributed by atoms with E-state index >= 15 is 0 Å². The van der Waals surface area contributed by atoms with Crippen LogP contribution in [0.2, 0.25) is 0 Å². The molecule has 1 aromatic rings. The number of rotatable bonds is 7. The molecule has 1 unspecified atom stereocenters. The molecule has 0 spiro atoms. The average molecular weight is 239 g/mol. The number of nitrogens with one attached hydrogen (secondary N) is 2. The van der Waals surface area contributed by atoms with Gasteiger partial charge in [-0.05, 0) is 13.8 Å². The van der Waals surface area contributed by atoms with Gasteiger partial charge in [-0.3, -0.25) is 0 Å². The van der Waals surface area contributed by atoms with Gasteiger partial charge in [-0.15, -0.1) is 0 Å². The molecule has 0 aromatic carbocycles. The van der Waals surface area contributed by atoms with Crippen LogP contribution >= 0.6 is 0 Å². The highest BCUT2D eigenvalue weighted by molar-refractivity contribution is 5.46. The number of nitrogen functional groups attached to an aromatic ring is 1. The number of nitrogens with two attached hydrogens (primary N) is 1. The Balaban J connectivity index is 2.63. The van der Waals surface area contributed by atoms with Crippen molar-refractivity contribution in [2.75, 3.05) is 23.9 Å². The van der Waals surface area contributed by atoms with Gasteiger partial charge in [0.25, 0.3) is 0 Å². The Bertz CT molecular complexity index is 322. The molecule has 0 amide bonds. The summed E-state index contributed by atoms with van der Waals surface area (Å²) in [5.74, 6) is 7.48. The minimum atomic E-state index is 0.148. The summed E-state index contributed by atoms with van der Waals surface area (Å²) in [5, 5.41) is 3.21. The summed E-state index contributed by atoms with van der Waals surface area (Å²) in [6.07, 6.45) is 0.917. The van der Waals surface area contributed by atoms with Crippen LogP contribution in [0.3, 0.4) is 0 Å². The third-order valence-electron chi connectivity index (χ3n) is 2.26. The van der Waals surface area contributed by atoms with Gasteiger partial charge in [0.15, 0.2) is 0 Å². The zero-order valence-corrected chi connectivity index (χ0v) is 10.7. The van der Waals surface area contributed by atoms with Crippen molar-refractivity contribution in [1.82, 2.24) is 9.97 Å². The summed E-state index contributed by atoms with van der Waals surface area (Å²) in [6.45, 7) is 7.41. The van der Waals surface area contributed by atoms with Crippen LogP contribution in [-0.2, 0) is 11.2 Å². The van der Waals surface area contributed by atoms with Gasteiger partial charge < -0.3 is 15.5 Å². The molecule has 0 aliphatic heterocycles. The van der Waals surface area contributed by atoms with Gasteiger partial charge in [0.2, 0.25) is 0 Å².